The molecule has 0 aliphatic carbocycles. The van der Waals surface area contributed by atoms with Crippen molar-refractivity contribution in [3.05, 3.63) is 65.0 Å². The van der Waals surface area contributed by atoms with Crippen LogP contribution >= 0.6 is 0 Å². The molecule has 59 heavy (non-hydrogen) atoms. The van der Waals surface area contributed by atoms with E-state index in [1.807, 2.05) is 17.9 Å². The normalized spacial score (nSPS) is 21.4. The molecule has 15 nitrogen and oxygen atoms in total. The van der Waals surface area contributed by atoms with E-state index in [9.17, 15) is 19.2 Å². The van der Waals surface area contributed by atoms with E-state index >= 15 is 8.78 Å². The van der Waals surface area contributed by atoms with Gasteiger partial charge in [0, 0.05) is 82.9 Å². The maximum atomic E-state index is 15.8. The van der Waals surface area contributed by atoms with Crippen molar-refractivity contribution in [2.24, 2.45) is 11.7 Å². The van der Waals surface area contributed by atoms with Gasteiger partial charge in [-0.05, 0) is 112 Å². The lowest BCUT2D eigenvalue weighted by Gasteiger charge is -2.38. The number of rotatable bonds is 10. The number of benzene rings is 2. The van der Waals surface area contributed by atoms with Gasteiger partial charge in [0.15, 0.2) is 17.3 Å². The van der Waals surface area contributed by atoms with Gasteiger partial charge in [-0.1, -0.05) is 6.07 Å². The number of primary amides is 1. The molecule has 6 heterocycles. The van der Waals surface area contributed by atoms with Crippen LogP contribution in [0.4, 0.5) is 47.1 Å². The van der Waals surface area contributed by atoms with Gasteiger partial charge in [0.05, 0.1) is 6.04 Å². The maximum Gasteiger partial charge on any atom is 0.328 e. The minimum absolute atomic E-state index is 0.0523. The third-order valence-electron chi connectivity index (χ3n) is 12.8. The van der Waals surface area contributed by atoms with Gasteiger partial charge in [0.2, 0.25) is 5.91 Å². The van der Waals surface area contributed by atoms with Gasteiger partial charge in [-0.15, -0.1) is 0 Å². The number of imide groups is 1. The predicted octanol–water partition coefficient (Wildman–Crippen LogP) is 4.78. The van der Waals surface area contributed by atoms with Gasteiger partial charge in [0.25, 0.3) is 11.9 Å². The Balaban J connectivity index is 0.841. The molecule has 0 saturated carbocycles. The lowest BCUT2D eigenvalue weighted by atomic mass is 9.88. The van der Waals surface area contributed by atoms with Crippen LogP contribution in [0.2, 0.25) is 0 Å². The Morgan fingerprint density at radius 1 is 0.898 bits per heavy atom. The van der Waals surface area contributed by atoms with Gasteiger partial charge >= 0.3 is 12.1 Å². The van der Waals surface area contributed by atoms with Gasteiger partial charge in [-0.25, -0.2) is 23.9 Å². The first-order valence-electron chi connectivity index (χ1n) is 20.8. The molecular weight excluding hydrogens is 761 g/mol. The number of likely N-dealkylation sites (N-methyl/N-ethyl adjacent to an activating group) is 1. The van der Waals surface area contributed by atoms with E-state index in [0.29, 0.717) is 56.3 Å². The van der Waals surface area contributed by atoms with Crippen LogP contribution in [0, 0.1) is 24.6 Å². The van der Waals surface area contributed by atoms with Gasteiger partial charge in [-0.3, -0.25) is 19.8 Å². The number of urea groups is 2. The van der Waals surface area contributed by atoms with Crippen LogP contribution in [0.5, 0.6) is 0 Å². The number of hydrogen-bond acceptors (Lipinski definition) is 10. The van der Waals surface area contributed by atoms with Gasteiger partial charge in [-0.2, -0.15) is 4.39 Å². The fraction of sp³-hybridized carbons (Fsp3) is 0.524. The summed E-state index contributed by atoms with van der Waals surface area (Å²) in [6.07, 6.45) is 5.63. The number of carbonyl (C=O) groups is 4. The van der Waals surface area contributed by atoms with Crippen molar-refractivity contribution in [2.75, 3.05) is 92.5 Å². The second-order valence-corrected chi connectivity index (χ2v) is 16.6. The summed E-state index contributed by atoms with van der Waals surface area (Å²) in [4.78, 5) is 69.0. The number of carbonyl (C=O) groups excluding carboxylic acids is 4. The molecule has 0 bridgehead atoms. The number of aromatic nitrogens is 2. The van der Waals surface area contributed by atoms with E-state index in [1.54, 1.807) is 33.9 Å². The first-order chi connectivity index (χ1) is 28.4. The molecule has 1 aromatic heterocycles. The first kappa shape index (κ1) is 40.2. The second kappa shape index (κ2) is 17.0. The van der Waals surface area contributed by atoms with Crippen LogP contribution in [0.15, 0.2) is 36.4 Å². The Morgan fingerprint density at radius 3 is 2.36 bits per heavy atom. The molecule has 3 aromatic rings. The third kappa shape index (κ3) is 8.61. The summed E-state index contributed by atoms with van der Waals surface area (Å²) in [7, 11) is 1.76. The van der Waals surface area contributed by atoms with Crippen LogP contribution in [0.1, 0.15) is 72.5 Å². The maximum absolute atomic E-state index is 15.8. The fourth-order valence-electron chi connectivity index (χ4n) is 9.45. The first-order valence-corrected chi connectivity index (χ1v) is 20.8. The average molecular weight is 814 g/mol. The summed E-state index contributed by atoms with van der Waals surface area (Å²) in [5, 5.41) is 5.38. The number of nitrogens with two attached hydrogens (primary N) is 1. The average Bonchev–Trinajstić information content (AvgIpc) is 3.56. The molecule has 5 saturated heterocycles. The molecule has 0 radical (unpaired) electrons. The minimum Gasteiger partial charge on any atom is -0.372 e. The quantitative estimate of drug-likeness (QED) is 0.260. The van der Waals surface area contributed by atoms with Crippen molar-refractivity contribution in [1.82, 2.24) is 30.0 Å². The highest BCUT2D eigenvalue weighted by Crippen LogP contribution is 2.35. The number of anilines is 5. The van der Waals surface area contributed by atoms with Crippen LogP contribution < -0.4 is 31.1 Å². The third-order valence-corrected chi connectivity index (χ3v) is 12.8. The fourth-order valence-corrected chi connectivity index (χ4v) is 9.45. The smallest absolute Gasteiger partial charge is 0.328 e. The monoisotopic (exact) mass is 813 g/mol. The highest BCUT2D eigenvalue weighted by molar-refractivity contribution is 6.06. The SMILES string of the molecule is Cc1cc(N2CCC(CN3CCC(c4ccc(Nc5nc(N6CCCC(N7CCN(C)C7=O)C6)c(F)nc5C(N)=O)cc4F)CC3)CC2)ccc1N1CCC(=O)NC1=O. The molecule has 1 atom stereocenters. The predicted molar refractivity (Wildman–Crippen MR) is 220 cm³/mol. The molecule has 1 unspecified atom stereocenters. The zero-order valence-electron chi connectivity index (χ0n) is 33.8. The van der Waals surface area contributed by atoms with E-state index in [2.05, 4.69) is 42.5 Å². The van der Waals surface area contributed by atoms with E-state index in [4.69, 9.17) is 5.73 Å². The molecule has 6 amide bonds. The van der Waals surface area contributed by atoms with Crippen molar-refractivity contribution >= 4 is 52.6 Å². The summed E-state index contributed by atoms with van der Waals surface area (Å²) < 4.78 is 31.2. The number of aryl methyl sites for hydroxylation is 1. The summed E-state index contributed by atoms with van der Waals surface area (Å²) in [6, 6.07) is 10.5. The second-order valence-electron chi connectivity index (χ2n) is 16.6. The van der Waals surface area contributed by atoms with Crippen molar-refractivity contribution in [1.29, 1.82) is 0 Å². The van der Waals surface area contributed by atoms with Crippen molar-refractivity contribution in [3.8, 4) is 0 Å². The minimum atomic E-state index is -0.964. The molecule has 0 spiro atoms. The van der Waals surface area contributed by atoms with E-state index < -0.39 is 11.9 Å². The molecule has 4 N–H and O–H groups in total. The van der Waals surface area contributed by atoms with Crippen LogP contribution in [0.3, 0.4) is 0 Å². The van der Waals surface area contributed by atoms with Gasteiger partial charge < -0.3 is 35.6 Å². The number of halogens is 2. The molecule has 2 aromatic carbocycles. The summed E-state index contributed by atoms with van der Waals surface area (Å²) in [5.41, 5.74) is 9.14. The Kier molecular flexibility index (Phi) is 11.6. The molecule has 5 aliphatic rings. The summed E-state index contributed by atoms with van der Waals surface area (Å²) >= 11 is 0. The van der Waals surface area contributed by atoms with E-state index in [-0.39, 0.29) is 53.1 Å². The molecule has 5 fully saturated rings. The molecule has 5 aliphatic heterocycles. The summed E-state index contributed by atoms with van der Waals surface area (Å²) in [6.45, 7) is 9.18. The largest absolute Gasteiger partial charge is 0.372 e. The molecule has 8 rings (SSSR count). The van der Waals surface area contributed by atoms with Crippen molar-refractivity contribution in [3.63, 3.8) is 0 Å². The van der Waals surface area contributed by atoms with Crippen LogP contribution in [-0.4, -0.2) is 127 Å². The Labute approximate surface area is 342 Å². The van der Waals surface area contributed by atoms with E-state index in [0.717, 1.165) is 88.2 Å². The van der Waals surface area contributed by atoms with Crippen LogP contribution in [0.25, 0.3) is 0 Å². The Morgan fingerprint density at radius 2 is 1.68 bits per heavy atom. The standard InChI is InChI=1S/C42H53F2N11O4/c1-26-22-30(6-8-34(26)55-19-13-35(56)47-41(55)58)52-17-9-27(10-18-52)24-51-15-11-28(12-16-51)32-7-5-29(23-33(32)43)46-39-36(38(45)57)48-37(44)40(49-39)53-14-3-4-31(25-53)54-21-20-50(2)42(54)59/h5-8,22-23,27-28,31H,3-4,9-21,24-25H2,1-2H3,(H2,45,57)(H,46,49)(H,47,56,58). The number of likely N-dealkylation sites (tertiary alicyclic amines) is 1. The highest BCUT2D eigenvalue weighted by Gasteiger charge is 2.36. The zero-order chi connectivity index (χ0) is 41.4. The zero-order valence-corrected chi connectivity index (χ0v) is 33.8. The topological polar surface area (TPSA) is 164 Å². The molecular formula is C42H53F2N11O4. The van der Waals surface area contributed by atoms with Crippen molar-refractivity contribution < 1.29 is 28.0 Å². The van der Waals surface area contributed by atoms with Crippen molar-refractivity contribution in [2.45, 2.75) is 63.8 Å². The van der Waals surface area contributed by atoms with E-state index in [1.165, 1.54) is 6.07 Å². The summed E-state index contributed by atoms with van der Waals surface area (Å²) in [5.74, 6) is -1.97. The number of hydrogen-bond donors (Lipinski definition) is 3. The van der Waals surface area contributed by atoms with Crippen LogP contribution in [-0.2, 0) is 4.79 Å². The number of nitrogens with zero attached hydrogens (tertiary/aromatic N) is 8. The number of amides is 6. The molecule has 314 valence electrons. The Bertz CT molecular complexity index is 2110. The highest BCUT2D eigenvalue weighted by atomic mass is 19.1. The lowest BCUT2D eigenvalue weighted by Crippen LogP contribution is -2.49. The number of nitrogens with one attached hydrogen (secondary N) is 2. The number of piperidine rings is 3. The Hall–Kier alpha value is -5.58. The lowest BCUT2D eigenvalue weighted by molar-refractivity contribution is -0.120. The molecule has 17 heteroatoms. The van der Waals surface area contributed by atoms with Gasteiger partial charge in [0.1, 0.15) is 5.82 Å².